The summed E-state index contributed by atoms with van der Waals surface area (Å²) in [6, 6.07) is 16.5. The quantitative estimate of drug-likeness (QED) is 0.763. The zero-order valence-electron chi connectivity index (χ0n) is 16.1. The Morgan fingerprint density at radius 2 is 1.63 bits per heavy atom. The molecule has 1 heterocycles. The van der Waals surface area contributed by atoms with Crippen LogP contribution >= 0.6 is 0 Å². The smallest absolute Gasteiger partial charge is 0.319 e. The third kappa shape index (κ3) is 4.19. The van der Waals surface area contributed by atoms with Crippen LogP contribution < -0.4 is 16.0 Å². The van der Waals surface area contributed by atoms with E-state index in [9.17, 15) is 9.59 Å². The van der Waals surface area contributed by atoms with E-state index in [1.54, 1.807) is 6.92 Å². The summed E-state index contributed by atoms with van der Waals surface area (Å²) in [5, 5.41) is 8.47. The molecule has 1 aliphatic rings. The van der Waals surface area contributed by atoms with Crippen molar-refractivity contribution in [2.75, 3.05) is 5.32 Å². The molecule has 0 bridgehead atoms. The summed E-state index contributed by atoms with van der Waals surface area (Å²) in [7, 11) is 0. The Labute approximate surface area is 159 Å². The standard InChI is InChI=1S/C22H25N3O2/c1-14-18(20(26)24-17-8-6-5-7-9-17)19(25-21(27)23-14)15-10-12-16(13-11-15)22(2,3)4/h5-13,19H,1-4H3,(H,24,26)(H2,23,25,27). The van der Waals surface area contributed by atoms with Gasteiger partial charge >= 0.3 is 6.03 Å². The maximum Gasteiger partial charge on any atom is 0.319 e. The number of carbonyl (C=O) groups excluding carboxylic acids is 2. The zero-order chi connectivity index (χ0) is 19.6. The fraction of sp³-hybridized carbons (Fsp3) is 0.273. The van der Waals surface area contributed by atoms with Crippen molar-refractivity contribution >= 4 is 17.6 Å². The van der Waals surface area contributed by atoms with Crippen molar-refractivity contribution in [2.24, 2.45) is 0 Å². The van der Waals surface area contributed by atoms with Crippen molar-refractivity contribution in [1.29, 1.82) is 0 Å². The van der Waals surface area contributed by atoms with Gasteiger partial charge in [-0.1, -0.05) is 63.2 Å². The molecule has 5 heteroatoms. The van der Waals surface area contributed by atoms with Crippen LogP contribution in [-0.2, 0) is 10.2 Å². The van der Waals surface area contributed by atoms with Gasteiger partial charge < -0.3 is 16.0 Å². The van der Waals surface area contributed by atoms with E-state index in [-0.39, 0.29) is 17.4 Å². The highest BCUT2D eigenvalue weighted by atomic mass is 16.2. The Kier molecular flexibility index (Phi) is 5.04. The largest absolute Gasteiger partial charge is 0.327 e. The minimum atomic E-state index is -0.503. The molecule has 1 unspecified atom stereocenters. The van der Waals surface area contributed by atoms with Crippen molar-refractivity contribution in [3.8, 4) is 0 Å². The Hall–Kier alpha value is -3.08. The first-order valence-electron chi connectivity index (χ1n) is 9.01. The predicted octanol–water partition coefficient (Wildman–Crippen LogP) is 4.25. The van der Waals surface area contributed by atoms with E-state index in [0.717, 1.165) is 5.56 Å². The van der Waals surface area contributed by atoms with E-state index >= 15 is 0 Å². The maximum atomic E-state index is 12.9. The second-order valence-electron chi connectivity index (χ2n) is 7.76. The first kappa shape index (κ1) is 18.7. The molecule has 2 aromatic carbocycles. The number of urea groups is 1. The van der Waals surface area contributed by atoms with Crippen LogP contribution in [0.1, 0.15) is 44.9 Å². The molecule has 140 valence electrons. The molecule has 0 aromatic heterocycles. The molecule has 0 aliphatic carbocycles. The van der Waals surface area contributed by atoms with E-state index in [2.05, 4.69) is 36.7 Å². The Morgan fingerprint density at radius 3 is 2.22 bits per heavy atom. The third-order valence-electron chi connectivity index (χ3n) is 4.66. The van der Waals surface area contributed by atoms with Crippen LogP contribution in [0.4, 0.5) is 10.5 Å². The van der Waals surface area contributed by atoms with E-state index in [0.29, 0.717) is 17.0 Å². The molecule has 2 aromatic rings. The fourth-order valence-electron chi connectivity index (χ4n) is 3.14. The average molecular weight is 363 g/mol. The van der Waals surface area contributed by atoms with Gasteiger partial charge in [0.05, 0.1) is 11.6 Å². The molecule has 0 spiro atoms. The van der Waals surface area contributed by atoms with E-state index in [4.69, 9.17) is 0 Å². The topological polar surface area (TPSA) is 70.2 Å². The predicted molar refractivity (Wildman–Crippen MR) is 107 cm³/mol. The lowest BCUT2D eigenvalue weighted by molar-refractivity contribution is -0.113. The maximum absolute atomic E-state index is 12.9. The summed E-state index contributed by atoms with van der Waals surface area (Å²) in [5.41, 5.74) is 3.87. The lowest BCUT2D eigenvalue weighted by Crippen LogP contribution is -2.46. The molecular formula is C22H25N3O2. The molecule has 0 saturated carbocycles. The lowest BCUT2D eigenvalue weighted by atomic mass is 9.85. The molecule has 27 heavy (non-hydrogen) atoms. The Morgan fingerprint density at radius 1 is 1.00 bits per heavy atom. The number of benzene rings is 2. The van der Waals surface area contributed by atoms with Gasteiger partial charge in [0.25, 0.3) is 5.91 Å². The first-order chi connectivity index (χ1) is 12.8. The van der Waals surface area contributed by atoms with Gasteiger partial charge in [0.1, 0.15) is 0 Å². The molecule has 3 amide bonds. The molecule has 0 saturated heterocycles. The first-order valence-corrected chi connectivity index (χ1v) is 9.01. The van der Waals surface area contributed by atoms with E-state index in [1.165, 1.54) is 5.56 Å². The number of anilines is 1. The molecule has 0 fully saturated rings. The highest BCUT2D eigenvalue weighted by Gasteiger charge is 2.31. The second kappa shape index (κ2) is 7.27. The van der Waals surface area contributed by atoms with Crippen LogP contribution in [0.5, 0.6) is 0 Å². The number of carbonyl (C=O) groups is 2. The highest BCUT2D eigenvalue weighted by Crippen LogP contribution is 2.30. The number of hydrogen-bond donors (Lipinski definition) is 3. The van der Waals surface area contributed by atoms with Crippen LogP contribution in [-0.4, -0.2) is 11.9 Å². The van der Waals surface area contributed by atoms with Gasteiger partial charge in [0, 0.05) is 11.4 Å². The summed E-state index contributed by atoms with van der Waals surface area (Å²) in [5.74, 6) is -0.240. The van der Waals surface area contributed by atoms with Gasteiger partial charge in [-0.05, 0) is 35.6 Å². The number of amides is 3. The Bertz CT molecular complexity index is 878. The molecular weight excluding hydrogens is 338 g/mol. The van der Waals surface area contributed by atoms with E-state index < -0.39 is 6.04 Å². The van der Waals surface area contributed by atoms with Gasteiger partial charge in [-0.15, -0.1) is 0 Å². The molecule has 3 N–H and O–H groups in total. The van der Waals surface area contributed by atoms with Crippen molar-refractivity contribution in [3.63, 3.8) is 0 Å². The number of rotatable bonds is 3. The lowest BCUT2D eigenvalue weighted by Gasteiger charge is -2.29. The summed E-state index contributed by atoms with van der Waals surface area (Å²) < 4.78 is 0. The minimum absolute atomic E-state index is 0.0369. The van der Waals surface area contributed by atoms with Crippen LogP contribution in [0.25, 0.3) is 0 Å². The van der Waals surface area contributed by atoms with Crippen LogP contribution in [0.2, 0.25) is 0 Å². The van der Waals surface area contributed by atoms with E-state index in [1.807, 2.05) is 54.6 Å². The van der Waals surface area contributed by atoms with Crippen LogP contribution in [0.3, 0.4) is 0 Å². The van der Waals surface area contributed by atoms with Crippen LogP contribution in [0.15, 0.2) is 65.9 Å². The van der Waals surface area contributed by atoms with Crippen LogP contribution in [0, 0.1) is 0 Å². The Balaban J connectivity index is 1.93. The fourth-order valence-corrected chi connectivity index (χ4v) is 3.14. The molecule has 0 radical (unpaired) electrons. The SMILES string of the molecule is CC1=C(C(=O)Nc2ccccc2)C(c2ccc(C(C)(C)C)cc2)NC(=O)N1. The van der Waals surface area contributed by atoms with Crippen molar-refractivity contribution in [1.82, 2.24) is 10.6 Å². The minimum Gasteiger partial charge on any atom is -0.327 e. The summed E-state index contributed by atoms with van der Waals surface area (Å²) in [4.78, 5) is 25.0. The van der Waals surface area contributed by atoms with Gasteiger partial charge in [0.15, 0.2) is 0 Å². The number of para-hydroxylation sites is 1. The zero-order valence-corrected chi connectivity index (χ0v) is 16.1. The van der Waals surface area contributed by atoms with Crippen molar-refractivity contribution < 1.29 is 9.59 Å². The van der Waals surface area contributed by atoms with Gasteiger partial charge in [-0.25, -0.2) is 4.79 Å². The number of allylic oxidation sites excluding steroid dienone is 1. The molecule has 5 nitrogen and oxygen atoms in total. The summed E-state index contributed by atoms with van der Waals surface area (Å²) >= 11 is 0. The van der Waals surface area contributed by atoms with Crippen molar-refractivity contribution in [2.45, 2.75) is 39.2 Å². The number of hydrogen-bond acceptors (Lipinski definition) is 2. The highest BCUT2D eigenvalue weighted by molar-refractivity contribution is 6.06. The van der Waals surface area contributed by atoms with Gasteiger partial charge in [0.2, 0.25) is 0 Å². The average Bonchev–Trinajstić information content (AvgIpc) is 2.61. The monoisotopic (exact) mass is 363 g/mol. The third-order valence-corrected chi connectivity index (χ3v) is 4.66. The molecule has 3 rings (SSSR count). The summed E-state index contributed by atoms with van der Waals surface area (Å²) in [6.07, 6.45) is 0. The second-order valence-corrected chi connectivity index (χ2v) is 7.76. The van der Waals surface area contributed by atoms with Gasteiger partial charge in [-0.3, -0.25) is 4.79 Å². The molecule has 1 atom stereocenters. The number of nitrogens with one attached hydrogen (secondary N) is 3. The summed E-state index contributed by atoms with van der Waals surface area (Å²) in [6.45, 7) is 8.19. The normalized spacial score (nSPS) is 17.2. The molecule has 1 aliphatic heterocycles. The van der Waals surface area contributed by atoms with Crippen molar-refractivity contribution in [3.05, 3.63) is 77.0 Å². The van der Waals surface area contributed by atoms with Gasteiger partial charge in [-0.2, -0.15) is 0 Å².